The average Bonchev–Trinajstić information content (AvgIpc) is 3.83. The molecule has 0 aliphatic carbocycles. The quantitative estimate of drug-likeness (QED) is 0.180. The molecule has 0 aliphatic heterocycles. The van der Waals surface area contributed by atoms with E-state index < -0.39 is 0 Å². The number of nitrogens with zero attached hydrogens (tertiary/aromatic N) is 2. The first-order valence-corrected chi connectivity index (χ1v) is 18.7. The minimum atomic E-state index is 0.841. The largest absolute Gasteiger partial charge is 0.456 e. The summed E-state index contributed by atoms with van der Waals surface area (Å²) in [5.74, 6) is 0. The van der Waals surface area contributed by atoms with Gasteiger partial charge in [-0.2, -0.15) is 0 Å². The molecule has 0 bridgehead atoms. The molecule has 0 atom stereocenters. The molecule has 3 nitrogen and oxygen atoms in total. The van der Waals surface area contributed by atoms with Gasteiger partial charge in [-0.05, 0) is 92.7 Å². The minimum absolute atomic E-state index is 0.841. The fourth-order valence-electron chi connectivity index (χ4n) is 7.86. The summed E-state index contributed by atoms with van der Waals surface area (Å²) in [6, 6.07) is 65.1. The lowest BCUT2D eigenvalue weighted by molar-refractivity contribution is 0.669. The number of benzene rings is 9. The first-order valence-electron chi connectivity index (χ1n) is 17.9. The predicted molar refractivity (Wildman–Crippen MR) is 225 cm³/mol. The van der Waals surface area contributed by atoms with Crippen molar-refractivity contribution in [1.82, 2.24) is 4.98 Å². The maximum absolute atomic E-state index is 6.68. The second kappa shape index (κ2) is 11.9. The number of fused-ring (bicyclic) bond motifs is 8. The highest BCUT2D eigenvalue weighted by molar-refractivity contribution is 7.21. The van der Waals surface area contributed by atoms with Gasteiger partial charge in [0.05, 0.1) is 10.2 Å². The molecule has 4 heteroatoms. The molecule has 11 rings (SSSR count). The van der Waals surface area contributed by atoms with Crippen LogP contribution in [-0.4, -0.2) is 4.98 Å². The van der Waals surface area contributed by atoms with Gasteiger partial charge in [0.2, 0.25) is 0 Å². The Morgan fingerprint density at radius 1 is 0.434 bits per heavy atom. The van der Waals surface area contributed by atoms with Crippen molar-refractivity contribution in [3.63, 3.8) is 0 Å². The van der Waals surface area contributed by atoms with E-state index in [9.17, 15) is 0 Å². The smallest absolute Gasteiger partial charge is 0.137 e. The molecule has 0 saturated heterocycles. The summed E-state index contributed by atoms with van der Waals surface area (Å²) in [6.45, 7) is 0. The van der Waals surface area contributed by atoms with Crippen molar-refractivity contribution in [1.29, 1.82) is 0 Å². The standard InChI is InChI=1S/C49H30N2OS/c1-3-12-34-27-37(20-19-31(34)9-1)36-14-7-15-38(29-36)51(39-23-21-32-10-2-4-13-35(32)28-39)40-24-25-42-45(30-40)52-44-18-8-17-43(47(42)44)49-50-48-41-16-6-5-11-33(41)22-26-46(48)53-49/h1-30H. The zero-order chi connectivity index (χ0) is 34.9. The van der Waals surface area contributed by atoms with Crippen LogP contribution in [0.3, 0.4) is 0 Å². The molecule has 2 aromatic heterocycles. The van der Waals surface area contributed by atoms with Crippen LogP contribution in [-0.2, 0) is 0 Å². The van der Waals surface area contributed by atoms with Crippen LogP contribution < -0.4 is 4.90 Å². The molecule has 9 aromatic carbocycles. The average molecular weight is 695 g/mol. The molecule has 2 heterocycles. The Kier molecular flexibility index (Phi) is 6.73. The first-order chi connectivity index (χ1) is 26.2. The Balaban J connectivity index is 1.07. The van der Waals surface area contributed by atoms with Crippen molar-refractivity contribution < 1.29 is 4.42 Å². The predicted octanol–water partition coefficient (Wildman–Crippen LogP) is 14.5. The topological polar surface area (TPSA) is 29.3 Å². The van der Waals surface area contributed by atoms with Gasteiger partial charge in [0.15, 0.2) is 0 Å². The third-order valence-corrected chi connectivity index (χ3v) is 11.5. The first kappa shape index (κ1) is 29.9. The van der Waals surface area contributed by atoms with Crippen LogP contribution >= 0.6 is 11.3 Å². The molecule has 0 amide bonds. The van der Waals surface area contributed by atoms with Crippen LogP contribution in [0.25, 0.3) is 86.2 Å². The summed E-state index contributed by atoms with van der Waals surface area (Å²) < 4.78 is 7.86. The molecular weight excluding hydrogens is 665 g/mol. The molecular formula is C49H30N2OS. The highest BCUT2D eigenvalue weighted by Gasteiger charge is 2.20. The van der Waals surface area contributed by atoms with E-state index in [0.29, 0.717) is 0 Å². The van der Waals surface area contributed by atoms with Crippen molar-refractivity contribution in [3.8, 4) is 21.7 Å². The highest BCUT2D eigenvalue weighted by atomic mass is 32.1. The fraction of sp³-hybridized carbons (Fsp3) is 0. The molecule has 0 fully saturated rings. The van der Waals surface area contributed by atoms with Crippen molar-refractivity contribution >= 4 is 92.9 Å². The summed E-state index contributed by atoms with van der Waals surface area (Å²) in [7, 11) is 0. The number of furan rings is 1. The third kappa shape index (κ3) is 4.99. The van der Waals surface area contributed by atoms with Crippen molar-refractivity contribution in [3.05, 3.63) is 182 Å². The summed E-state index contributed by atoms with van der Waals surface area (Å²) in [5, 5.41) is 10.4. The number of hydrogen-bond donors (Lipinski definition) is 0. The van der Waals surface area contributed by atoms with Crippen molar-refractivity contribution in [2.75, 3.05) is 4.90 Å². The van der Waals surface area contributed by atoms with Crippen LogP contribution in [0.1, 0.15) is 0 Å². The maximum atomic E-state index is 6.68. The van der Waals surface area contributed by atoms with Gasteiger partial charge in [-0.15, -0.1) is 11.3 Å². The zero-order valence-electron chi connectivity index (χ0n) is 28.5. The zero-order valence-corrected chi connectivity index (χ0v) is 29.3. The highest BCUT2D eigenvalue weighted by Crippen LogP contribution is 2.44. The summed E-state index contributed by atoms with van der Waals surface area (Å²) >= 11 is 1.73. The Hall–Kier alpha value is -6.75. The molecule has 11 aromatic rings. The minimum Gasteiger partial charge on any atom is -0.456 e. The van der Waals surface area contributed by atoms with Crippen LogP contribution in [0.4, 0.5) is 17.1 Å². The van der Waals surface area contributed by atoms with Crippen LogP contribution in [0.2, 0.25) is 0 Å². The Bertz CT molecular complexity index is 3210. The van der Waals surface area contributed by atoms with Gasteiger partial charge in [0, 0.05) is 44.9 Å². The van der Waals surface area contributed by atoms with E-state index in [0.717, 1.165) is 60.7 Å². The monoisotopic (exact) mass is 694 g/mol. The van der Waals surface area contributed by atoms with Crippen LogP contribution in [0.15, 0.2) is 186 Å². The molecule has 248 valence electrons. The number of thiazole rings is 1. The molecule has 53 heavy (non-hydrogen) atoms. The van der Waals surface area contributed by atoms with Gasteiger partial charge in [-0.1, -0.05) is 121 Å². The van der Waals surface area contributed by atoms with Crippen LogP contribution in [0, 0.1) is 0 Å². The van der Waals surface area contributed by atoms with E-state index in [1.807, 2.05) is 0 Å². The van der Waals surface area contributed by atoms with E-state index in [1.165, 1.54) is 42.6 Å². The molecule has 0 N–H and O–H groups in total. The van der Waals surface area contributed by atoms with E-state index >= 15 is 0 Å². The van der Waals surface area contributed by atoms with Crippen molar-refractivity contribution in [2.45, 2.75) is 0 Å². The van der Waals surface area contributed by atoms with E-state index in [4.69, 9.17) is 9.40 Å². The number of rotatable bonds is 5. The summed E-state index contributed by atoms with van der Waals surface area (Å²) in [5.41, 5.74) is 9.36. The Morgan fingerprint density at radius 2 is 1.09 bits per heavy atom. The molecule has 0 radical (unpaired) electrons. The second-order valence-electron chi connectivity index (χ2n) is 13.6. The van der Waals surface area contributed by atoms with Gasteiger partial charge in [0.1, 0.15) is 16.2 Å². The van der Waals surface area contributed by atoms with Gasteiger partial charge < -0.3 is 9.32 Å². The Morgan fingerprint density at radius 3 is 1.96 bits per heavy atom. The number of anilines is 3. The second-order valence-corrected chi connectivity index (χ2v) is 14.6. The lowest BCUT2D eigenvalue weighted by Crippen LogP contribution is -2.10. The normalized spacial score (nSPS) is 11.8. The Labute approximate surface area is 309 Å². The molecule has 0 unspecified atom stereocenters. The summed E-state index contributed by atoms with van der Waals surface area (Å²) in [4.78, 5) is 7.55. The lowest BCUT2D eigenvalue weighted by Gasteiger charge is -2.26. The van der Waals surface area contributed by atoms with E-state index in [1.54, 1.807) is 11.3 Å². The third-order valence-electron chi connectivity index (χ3n) is 10.4. The fourth-order valence-corrected chi connectivity index (χ4v) is 8.88. The molecule has 0 saturated carbocycles. The van der Waals surface area contributed by atoms with Gasteiger partial charge in [-0.25, -0.2) is 4.98 Å². The summed E-state index contributed by atoms with van der Waals surface area (Å²) in [6.07, 6.45) is 0. The van der Waals surface area contributed by atoms with E-state index in [2.05, 4.69) is 187 Å². The van der Waals surface area contributed by atoms with Gasteiger partial charge >= 0.3 is 0 Å². The van der Waals surface area contributed by atoms with Crippen LogP contribution in [0.5, 0.6) is 0 Å². The SMILES string of the molecule is c1cc(-c2ccc3ccccc3c2)cc(N(c2ccc3ccccc3c2)c2ccc3c(c2)oc2cccc(-c4nc5c(ccc6ccccc65)s4)c23)c1. The van der Waals surface area contributed by atoms with Crippen molar-refractivity contribution in [2.24, 2.45) is 0 Å². The molecule has 0 aliphatic rings. The van der Waals surface area contributed by atoms with Gasteiger partial charge in [-0.3, -0.25) is 0 Å². The molecule has 0 spiro atoms. The maximum Gasteiger partial charge on any atom is 0.137 e. The number of aromatic nitrogens is 1. The lowest BCUT2D eigenvalue weighted by atomic mass is 10.00. The van der Waals surface area contributed by atoms with Gasteiger partial charge in [0.25, 0.3) is 0 Å². The number of hydrogen-bond acceptors (Lipinski definition) is 4. The van der Waals surface area contributed by atoms with E-state index in [-0.39, 0.29) is 0 Å².